The average molecular weight is 795 g/mol. The van der Waals surface area contributed by atoms with Gasteiger partial charge in [-0.25, -0.2) is 29.6 Å². The number of nitrogens with zero attached hydrogens (tertiary/aromatic N) is 4. The SMILES string of the molecule is COC(=O)CCCC1=C(C)C(/C=C2\N=C(C(=O)OC(C)(C)C)C(C)=C2C)=NC/1=C/C=C1N=C(/C=C2\N=C(C(=O)OC(C)(C)C)C(C)=C2C)C(C)=C/1CCCC(=O)OC. The first-order chi connectivity index (χ1) is 27.0. The van der Waals surface area contributed by atoms with Crippen molar-refractivity contribution < 1.29 is 38.1 Å². The second-order valence-corrected chi connectivity index (χ2v) is 16.6. The van der Waals surface area contributed by atoms with E-state index in [1.54, 1.807) is 0 Å². The molecule has 58 heavy (non-hydrogen) atoms. The topological polar surface area (TPSA) is 155 Å². The lowest BCUT2D eigenvalue weighted by atomic mass is 9.97. The number of carbonyl (C=O) groups is 4. The van der Waals surface area contributed by atoms with Crippen LogP contribution in [0.1, 0.15) is 122 Å². The molecule has 0 saturated carbocycles. The molecule has 4 heterocycles. The molecule has 12 heteroatoms. The highest BCUT2D eigenvalue weighted by Gasteiger charge is 2.31. The van der Waals surface area contributed by atoms with E-state index in [1.165, 1.54) is 14.2 Å². The van der Waals surface area contributed by atoms with E-state index in [0.717, 1.165) is 44.6 Å². The summed E-state index contributed by atoms with van der Waals surface area (Å²) in [7, 11) is 2.75. The molecule has 4 aliphatic rings. The van der Waals surface area contributed by atoms with E-state index in [0.29, 0.717) is 59.9 Å². The van der Waals surface area contributed by atoms with Crippen molar-refractivity contribution in [1.82, 2.24) is 0 Å². The molecule has 4 aliphatic heterocycles. The molecule has 0 aromatic rings. The van der Waals surface area contributed by atoms with Crippen LogP contribution in [0.3, 0.4) is 0 Å². The van der Waals surface area contributed by atoms with E-state index in [9.17, 15) is 19.2 Å². The Morgan fingerprint density at radius 2 is 0.845 bits per heavy atom. The minimum absolute atomic E-state index is 0.253. The Labute approximate surface area is 342 Å². The molecule has 0 amide bonds. The Morgan fingerprint density at radius 3 is 1.16 bits per heavy atom. The number of rotatable bonds is 13. The summed E-state index contributed by atoms with van der Waals surface area (Å²) >= 11 is 0. The zero-order valence-electron chi connectivity index (χ0n) is 36.6. The molecule has 0 aliphatic carbocycles. The fourth-order valence-electron chi connectivity index (χ4n) is 6.53. The Morgan fingerprint density at radius 1 is 0.500 bits per heavy atom. The van der Waals surface area contributed by atoms with Gasteiger partial charge in [0.2, 0.25) is 0 Å². The standard InChI is InChI=1S/C46H58N4O8/c1-25-27(3)41(43(53)57-45(7,8)9)49-35(25)23-37-29(5)31(17-15-19-39(51)55-13)33(47-37)21-22-34-32(18-16-20-40(52)56-14)30(6)38(48-34)24-36-26(2)28(4)42(50-36)44(54)58-46(10,11)12/h21-24H,15-20H2,1-14H3/b33-21+,34-22+,35-23-,36-24-. The summed E-state index contributed by atoms with van der Waals surface area (Å²) in [5.41, 5.74) is 10.2. The third-order valence-corrected chi connectivity index (χ3v) is 10.0. The van der Waals surface area contributed by atoms with Gasteiger partial charge in [-0.05, 0) is 178 Å². The van der Waals surface area contributed by atoms with Crippen LogP contribution in [-0.4, -0.2) is 72.1 Å². The van der Waals surface area contributed by atoms with Crippen LogP contribution < -0.4 is 0 Å². The van der Waals surface area contributed by atoms with Gasteiger partial charge in [0.25, 0.3) is 0 Å². The molecule has 12 nitrogen and oxygen atoms in total. The quantitative estimate of drug-likeness (QED) is 0.132. The summed E-state index contributed by atoms with van der Waals surface area (Å²) in [5.74, 6) is -1.54. The zero-order valence-corrected chi connectivity index (χ0v) is 36.6. The monoisotopic (exact) mass is 794 g/mol. The maximum absolute atomic E-state index is 13.0. The number of allylic oxidation sites excluding steroid dienone is 10. The van der Waals surface area contributed by atoms with Gasteiger partial charge in [-0.2, -0.15) is 0 Å². The summed E-state index contributed by atoms with van der Waals surface area (Å²) in [6.07, 6.45) is 10.4. The molecule has 0 aromatic heterocycles. The number of carbonyl (C=O) groups excluding carboxylic acids is 4. The first kappa shape index (κ1) is 45.2. The van der Waals surface area contributed by atoms with Crippen LogP contribution in [0.25, 0.3) is 0 Å². The highest BCUT2D eigenvalue weighted by molar-refractivity contribution is 6.45. The van der Waals surface area contributed by atoms with Crippen molar-refractivity contribution in [2.45, 2.75) is 133 Å². The van der Waals surface area contributed by atoms with Crippen LogP contribution in [0.5, 0.6) is 0 Å². The summed E-state index contributed by atoms with van der Waals surface area (Å²) < 4.78 is 21.0. The van der Waals surface area contributed by atoms with Crippen molar-refractivity contribution in [1.29, 1.82) is 0 Å². The molecular formula is C46H58N4O8. The number of hydrogen-bond donors (Lipinski definition) is 0. The molecule has 0 aromatic carbocycles. The van der Waals surface area contributed by atoms with E-state index < -0.39 is 23.1 Å². The Bertz CT molecular complexity index is 2020. The van der Waals surface area contributed by atoms with Crippen LogP contribution in [-0.2, 0) is 38.1 Å². The van der Waals surface area contributed by atoms with Crippen LogP contribution in [0.15, 0.2) is 112 Å². The predicted octanol–water partition coefficient (Wildman–Crippen LogP) is 9.02. The van der Waals surface area contributed by atoms with Crippen LogP contribution in [0.4, 0.5) is 0 Å². The highest BCUT2D eigenvalue weighted by atomic mass is 16.6. The van der Waals surface area contributed by atoms with Crippen molar-refractivity contribution in [3.8, 4) is 0 Å². The zero-order chi connectivity index (χ0) is 43.3. The largest absolute Gasteiger partial charge is 0.469 e. The van der Waals surface area contributed by atoms with Crippen LogP contribution in [0, 0.1) is 0 Å². The molecule has 310 valence electrons. The molecule has 0 spiro atoms. The molecule has 0 N–H and O–H groups in total. The molecule has 0 fully saturated rings. The predicted molar refractivity (Wildman–Crippen MR) is 228 cm³/mol. The Kier molecular flexibility index (Phi) is 14.3. The molecule has 0 atom stereocenters. The normalized spacial score (nSPS) is 20.2. The summed E-state index contributed by atoms with van der Waals surface area (Å²) in [6, 6.07) is 0. The third-order valence-electron chi connectivity index (χ3n) is 10.0. The minimum atomic E-state index is -0.664. The molecule has 0 saturated heterocycles. The highest BCUT2D eigenvalue weighted by Crippen LogP contribution is 2.36. The first-order valence-corrected chi connectivity index (χ1v) is 19.6. The molecule has 0 unspecified atom stereocenters. The van der Waals surface area contributed by atoms with Crippen LogP contribution >= 0.6 is 0 Å². The Hall–Kier alpha value is -5.52. The van der Waals surface area contributed by atoms with Gasteiger partial charge in [-0.3, -0.25) is 9.59 Å². The summed E-state index contributed by atoms with van der Waals surface area (Å²) in [4.78, 5) is 69.6. The van der Waals surface area contributed by atoms with E-state index in [-0.39, 0.29) is 36.2 Å². The molecule has 0 radical (unpaired) electrons. The maximum atomic E-state index is 13.0. The van der Waals surface area contributed by atoms with Crippen molar-refractivity contribution in [2.24, 2.45) is 20.0 Å². The third kappa shape index (κ3) is 11.1. The first-order valence-electron chi connectivity index (χ1n) is 19.6. The lowest BCUT2D eigenvalue weighted by Gasteiger charge is -2.19. The van der Waals surface area contributed by atoms with Gasteiger partial charge in [0, 0.05) is 12.8 Å². The van der Waals surface area contributed by atoms with Crippen molar-refractivity contribution >= 4 is 46.7 Å². The van der Waals surface area contributed by atoms with E-state index >= 15 is 0 Å². The fourth-order valence-corrected chi connectivity index (χ4v) is 6.53. The van der Waals surface area contributed by atoms with Crippen LogP contribution in [0.2, 0.25) is 0 Å². The van der Waals surface area contributed by atoms with Crippen molar-refractivity contribution in [3.63, 3.8) is 0 Å². The second kappa shape index (κ2) is 18.4. The van der Waals surface area contributed by atoms with Gasteiger partial charge < -0.3 is 18.9 Å². The van der Waals surface area contributed by atoms with Crippen molar-refractivity contribution in [2.75, 3.05) is 14.2 Å². The fraction of sp³-hybridized carbons (Fsp3) is 0.478. The van der Waals surface area contributed by atoms with Gasteiger partial charge in [0.15, 0.2) is 11.4 Å². The van der Waals surface area contributed by atoms with Gasteiger partial charge in [-0.1, -0.05) is 0 Å². The average Bonchev–Trinajstić information content (AvgIpc) is 3.80. The molecule has 0 bridgehead atoms. The number of esters is 4. The van der Waals surface area contributed by atoms with Gasteiger partial charge in [0.1, 0.15) is 11.2 Å². The van der Waals surface area contributed by atoms with Gasteiger partial charge in [-0.15, -0.1) is 0 Å². The van der Waals surface area contributed by atoms with Gasteiger partial charge in [0.05, 0.1) is 48.4 Å². The number of methoxy groups -OCH3 is 2. The lowest BCUT2D eigenvalue weighted by molar-refractivity contribution is -0.147. The lowest BCUT2D eigenvalue weighted by Crippen LogP contribution is -2.28. The number of hydrogen-bond acceptors (Lipinski definition) is 12. The van der Waals surface area contributed by atoms with E-state index in [4.69, 9.17) is 28.9 Å². The maximum Gasteiger partial charge on any atom is 0.357 e. The second-order valence-electron chi connectivity index (χ2n) is 16.6. The van der Waals surface area contributed by atoms with Gasteiger partial charge >= 0.3 is 23.9 Å². The molecular weight excluding hydrogens is 737 g/mol. The minimum Gasteiger partial charge on any atom is -0.469 e. The van der Waals surface area contributed by atoms with E-state index in [2.05, 4.69) is 9.98 Å². The smallest absolute Gasteiger partial charge is 0.357 e. The number of aliphatic imine (C=N–C) groups is 4. The summed E-state index contributed by atoms with van der Waals surface area (Å²) in [6.45, 7) is 22.4. The summed E-state index contributed by atoms with van der Waals surface area (Å²) in [5, 5.41) is 0. The van der Waals surface area contributed by atoms with Crippen molar-refractivity contribution in [3.05, 3.63) is 91.7 Å². The molecule has 4 rings (SSSR count). The van der Waals surface area contributed by atoms with E-state index in [1.807, 2.05) is 107 Å². The number of ether oxygens (including phenoxy) is 4. The Balaban J connectivity index is 1.79.